The van der Waals surface area contributed by atoms with E-state index in [9.17, 15) is 8.42 Å². The van der Waals surface area contributed by atoms with Crippen molar-refractivity contribution >= 4 is 10.0 Å². The first-order valence-corrected chi connectivity index (χ1v) is 10.5. The maximum atomic E-state index is 13.0. The molecule has 0 heterocycles. The summed E-state index contributed by atoms with van der Waals surface area (Å²) >= 11 is 0. The van der Waals surface area contributed by atoms with Crippen LogP contribution in [-0.2, 0) is 15.4 Å². The number of nitrogens with zero attached hydrogens (tertiary/aromatic N) is 2. The summed E-state index contributed by atoms with van der Waals surface area (Å²) in [7, 11) is 0.262. The van der Waals surface area contributed by atoms with Crippen LogP contribution in [-0.4, -0.2) is 51.4 Å². The van der Waals surface area contributed by atoms with Crippen molar-refractivity contribution in [2.45, 2.75) is 30.6 Å². The molecule has 2 rings (SSSR count). The zero-order chi connectivity index (χ0) is 19.2. The Morgan fingerprint density at radius 1 is 0.923 bits per heavy atom. The van der Waals surface area contributed by atoms with Crippen LogP contribution < -0.4 is 0 Å². The van der Waals surface area contributed by atoms with Gasteiger partial charge in [-0.15, -0.1) is 0 Å². The Morgan fingerprint density at radius 3 is 2.00 bits per heavy atom. The Hall–Kier alpha value is -1.69. The quantitative estimate of drug-likeness (QED) is 0.673. The van der Waals surface area contributed by atoms with Crippen molar-refractivity contribution in [3.8, 4) is 0 Å². The molecule has 1 atom stereocenters. The van der Waals surface area contributed by atoms with Gasteiger partial charge in [0, 0.05) is 19.0 Å². The molecule has 0 aromatic heterocycles. The van der Waals surface area contributed by atoms with Crippen LogP contribution in [0, 0.1) is 0 Å². The van der Waals surface area contributed by atoms with Crippen molar-refractivity contribution in [2.24, 2.45) is 0 Å². The van der Waals surface area contributed by atoms with Gasteiger partial charge in [-0.3, -0.25) is 0 Å². The maximum absolute atomic E-state index is 13.0. The molecule has 0 amide bonds. The summed E-state index contributed by atoms with van der Waals surface area (Å²) in [6.45, 7) is 6.62. The molecular weight excluding hydrogens is 344 g/mol. The minimum absolute atomic E-state index is 0.263. The molecule has 0 fully saturated rings. The van der Waals surface area contributed by atoms with Crippen molar-refractivity contribution in [2.75, 3.05) is 33.7 Å². The van der Waals surface area contributed by atoms with E-state index in [2.05, 4.69) is 37.9 Å². The number of benzene rings is 2. The van der Waals surface area contributed by atoms with Crippen LogP contribution in [0.25, 0.3) is 0 Å². The Morgan fingerprint density at radius 2 is 1.46 bits per heavy atom. The van der Waals surface area contributed by atoms with Gasteiger partial charge in [0.25, 0.3) is 0 Å². The van der Waals surface area contributed by atoms with Gasteiger partial charge in [-0.1, -0.05) is 62.4 Å². The summed E-state index contributed by atoms with van der Waals surface area (Å²) in [5, 5.41) is 0. The molecule has 0 saturated heterocycles. The molecule has 0 bridgehead atoms. The molecule has 2 aromatic carbocycles. The SMILES string of the molecule is CCN(C)CC[C@](C)(CN(C)S(=O)(=O)c1ccccc1)c1ccccc1. The summed E-state index contributed by atoms with van der Waals surface area (Å²) in [5.41, 5.74) is 0.904. The lowest BCUT2D eigenvalue weighted by Crippen LogP contribution is -2.42. The third-order valence-corrected chi connectivity index (χ3v) is 6.90. The predicted octanol–water partition coefficient (Wildman–Crippen LogP) is 3.61. The van der Waals surface area contributed by atoms with Gasteiger partial charge < -0.3 is 4.90 Å². The molecule has 142 valence electrons. The van der Waals surface area contributed by atoms with E-state index in [0.29, 0.717) is 11.4 Å². The van der Waals surface area contributed by atoms with Gasteiger partial charge in [-0.25, -0.2) is 12.7 Å². The first-order chi connectivity index (χ1) is 12.3. The monoisotopic (exact) mass is 374 g/mol. The highest BCUT2D eigenvalue weighted by molar-refractivity contribution is 7.89. The van der Waals surface area contributed by atoms with Gasteiger partial charge in [0.2, 0.25) is 10.0 Å². The lowest BCUT2D eigenvalue weighted by Gasteiger charge is -2.35. The van der Waals surface area contributed by atoms with E-state index >= 15 is 0 Å². The number of rotatable bonds is 9. The van der Waals surface area contributed by atoms with Crippen molar-refractivity contribution < 1.29 is 8.42 Å². The largest absolute Gasteiger partial charge is 0.307 e. The van der Waals surface area contributed by atoms with Gasteiger partial charge in [0.1, 0.15) is 0 Å². The molecule has 0 aliphatic heterocycles. The lowest BCUT2D eigenvalue weighted by molar-refractivity contribution is 0.269. The second-order valence-corrected chi connectivity index (χ2v) is 9.19. The minimum Gasteiger partial charge on any atom is -0.307 e. The predicted molar refractivity (Wildman–Crippen MR) is 108 cm³/mol. The van der Waals surface area contributed by atoms with E-state index in [1.54, 1.807) is 31.3 Å². The number of sulfonamides is 1. The van der Waals surface area contributed by atoms with Crippen LogP contribution >= 0.6 is 0 Å². The first-order valence-electron chi connectivity index (χ1n) is 9.05. The van der Waals surface area contributed by atoms with E-state index in [4.69, 9.17) is 0 Å². The molecule has 0 unspecified atom stereocenters. The molecule has 0 saturated carbocycles. The summed E-state index contributed by atoms with van der Waals surface area (Å²) in [6, 6.07) is 18.9. The van der Waals surface area contributed by atoms with Gasteiger partial charge in [-0.2, -0.15) is 0 Å². The standard InChI is InChI=1S/C21H30N2O2S/c1-5-22(3)17-16-21(2,19-12-8-6-9-13-19)18-23(4)26(24,25)20-14-10-7-11-15-20/h6-15H,5,16-18H2,1-4H3/t21-/m1/s1. The van der Waals surface area contributed by atoms with Crippen molar-refractivity contribution in [3.63, 3.8) is 0 Å². The minimum atomic E-state index is -3.50. The second kappa shape index (κ2) is 8.80. The smallest absolute Gasteiger partial charge is 0.242 e. The van der Waals surface area contributed by atoms with Crippen LogP contribution in [0.4, 0.5) is 0 Å². The Labute approximate surface area is 158 Å². The Kier molecular flexibility index (Phi) is 6.98. The van der Waals surface area contributed by atoms with Crippen molar-refractivity contribution in [1.29, 1.82) is 0 Å². The van der Waals surface area contributed by atoms with Gasteiger partial charge in [0.05, 0.1) is 4.90 Å². The summed E-state index contributed by atoms with van der Waals surface area (Å²) in [5.74, 6) is 0. The summed E-state index contributed by atoms with van der Waals surface area (Å²) in [6.07, 6.45) is 0.885. The highest BCUT2D eigenvalue weighted by Gasteiger charge is 2.32. The lowest BCUT2D eigenvalue weighted by atomic mass is 9.79. The summed E-state index contributed by atoms with van der Waals surface area (Å²) in [4.78, 5) is 2.59. The normalized spacial score (nSPS) is 14.5. The molecule has 26 heavy (non-hydrogen) atoms. The fourth-order valence-corrected chi connectivity index (χ4v) is 4.42. The van der Waals surface area contributed by atoms with Gasteiger partial charge >= 0.3 is 0 Å². The number of hydrogen-bond acceptors (Lipinski definition) is 3. The topological polar surface area (TPSA) is 40.6 Å². The van der Waals surface area contributed by atoms with Crippen LogP contribution in [0.3, 0.4) is 0 Å². The third-order valence-electron chi connectivity index (χ3n) is 5.08. The zero-order valence-electron chi connectivity index (χ0n) is 16.2. The highest BCUT2D eigenvalue weighted by Crippen LogP contribution is 2.30. The van der Waals surface area contributed by atoms with Crippen molar-refractivity contribution in [3.05, 3.63) is 66.2 Å². The van der Waals surface area contributed by atoms with Crippen LogP contribution in [0.1, 0.15) is 25.8 Å². The number of hydrogen-bond donors (Lipinski definition) is 0. The average molecular weight is 375 g/mol. The molecular formula is C21H30N2O2S. The van der Waals surface area contributed by atoms with Crippen LogP contribution in [0.2, 0.25) is 0 Å². The third kappa shape index (κ3) is 4.93. The molecule has 2 aromatic rings. The van der Waals surface area contributed by atoms with Crippen LogP contribution in [0.5, 0.6) is 0 Å². The average Bonchev–Trinajstić information content (AvgIpc) is 2.67. The first kappa shape index (κ1) is 20.6. The second-order valence-electron chi connectivity index (χ2n) is 7.15. The molecule has 0 spiro atoms. The van der Waals surface area contributed by atoms with E-state index in [1.807, 2.05) is 24.3 Å². The van der Waals surface area contributed by atoms with E-state index in [-0.39, 0.29) is 5.41 Å². The van der Waals surface area contributed by atoms with E-state index in [1.165, 1.54) is 9.87 Å². The Bertz CT molecular complexity index is 778. The molecule has 0 radical (unpaired) electrons. The van der Waals surface area contributed by atoms with Gasteiger partial charge in [0.15, 0.2) is 0 Å². The fourth-order valence-electron chi connectivity index (χ4n) is 3.10. The highest BCUT2D eigenvalue weighted by atomic mass is 32.2. The fraction of sp³-hybridized carbons (Fsp3) is 0.429. The molecule has 0 aliphatic carbocycles. The number of likely N-dealkylation sites (N-methyl/N-ethyl adjacent to an activating group) is 1. The molecule has 0 N–H and O–H groups in total. The molecule has 4 nitrogen and oxygen atoms in total. The summed E-state index contributed by atoms with van der Waals surface area (Å²) < 4.78 is 27.4. The van der Waals surface area contributed by atoms with Crippen molar-refractivity contribution in [1.82, 2.24) is 9.21 Å². The molecule has 5 heteroatoms. The molecule has 0 aliphatic rings. The van der Waals surface area contributed by atoms with Crippen LogP contribution in [0.15, 0.2) is 65.6 Å². The Balaban J connectivity index is 2.28. The van der Waals surface area contributed by atoms with Gasteiger partial charge in [-0.05, 0) is 44.3 Å². The zero-order valence-corrected chi connectivity index (χ0v) is 17.0. The maximum Gasteiger partial charge on any atom is 0.242 e. The van der Waals surface area contributed by atoms with E-state index < -0.39 is 10.0 Å². The van der Waals surface area contributed by atoms with E-state index in [0.717, 1.165) is 19.5 Å².